The predicted molar refractivity (Wildman–Crippen MR) is 107 cm³/mol. The SMILES string of the molecule is Cc1ccc(NC(=O)c2sccc2NC(=O)c2ccc(C(=N)N)cc2)nc1. The van der Waals surface area contributed by atoms with Gasteiger partial charge < -0.3 is 16.4 Å². The monoisotopic (exact) mass is 379 g/mol. The number of amidine groups is 1. The van der Waals surface area contributed by atoms with E-state index in [-0.39, 0.29) is 17.6 Å². The highest BCUT2D eigenvalue weighted by Crippen LogP contribution is 2.24. The van der Waals surface area contributed by atoms with Crippen molar-refractivity contribution >= 4 is 40.5 Å². The Kier molecular flexibility index (Phi) is 5.28. The number of aromatic nitrogens is 1. The topological polar surface area (TPSA) is 121 Å². The summed E-state index contributed by atoms with van der Waals surface area (Å²) >= 11 is 1.22. The third kappa shape index (κ3) is 4.36. The zero-order valence-corrected chi connectivity index (χ0v) is 15.3. The Morgan fingerprint density at radius 2 is 1.70 bits per heavy atom. The van der Waals surface area contributed by atoms with Crippen LogP contribution in [0.4, 0.5) is 11.5 Å². The summed E-state index contributed by atoms with van der Waals surface area (Å²) in [5.41, 5.74) is 7.76. The molecule has 136 valence electrons. The van der Waals surface area contributed by atoms with E-state index in [2.05, 4.69) is 15.6 Å². The van der Waals surface area contributed by atoms with E-state index in [4.69, 9.17) is 11.1 Å². The van der Waals surface area contributed by atoms with Gasteiger partial charge in [-0.1, -0.05) is 18.2 Å². The van der Waals surface area contributed by atoms with Gasteiger partial charge in [-0.2, -0.15) is 0 Å². The van der Waals surface area contributed by atoms with Crippen LogP contribution in [0.25, 0.3) is 0 Å². The minimum Gasteiger partial charge on any atom is -0.384 e. The van der Waals surface area contributed by atoms with Crippen LogP contribution in [0.15, 0.2) is 54.0 Å². The number of nitrogen functional groups attached to an aromatic ring is 1. The van der Waals surface area contributed by atoms with E-state index >= 15 is 0 Å². The van der Waals surface area contributed by atoms with E-state index in [9.17, 15) is 9.59 Å². The van der Waals surface area contributed by atoms with E-state index < -0.39 is 0 Å². The molecule has 0 fully saturated rings. The molecule has 0 atom stereocenters. The molecule has 2 heterocycles. The van der Waals surface area contributed by atoms with Gasteiger partial charge in [0, 0.05) is 17.3 Å². The molecular formula is C19H17N5O2S. The molecule has 0 aliphatic carbocycles. The Morgan fingerprint density at radius 3 is 2.33 bits per heavy atom. The lowest BCUT2D eigenvalue weighted by molar-refractivity contribution is 0.102. The van der Waals surface area contributed by atoms with Gasteiger partial charge in [0.15, 0.2) is 0 Å². The molecule has 0 unspecified atom stereocenters. The van der Waals surface area contributed by atoms with Crippen molar-refractivity contribution in [3.05, 3.63) is 75.6 Å². The van der Waals surface area contributed by atoms with Gasteiger partial charge in [-0.15, -0.1) is 11.3 Å². The van der Waals surface area contributed by atoms with Gasteiger partial charge in [-0.05, 0) is 42.1 Å². The average molecular weight is 379 g/mol. The summed E-state index contributed by atoms with van der Waals surface area (Å²) in [5, 5.41) is 14.6. The number of amides is 2. The fourth-order valence-corrected chi connectivity index (χ4v) is 3.04. The van der Waals surface area contributed by atoms with Crippen molar-refractivity contribution in [2.45, 2.75) is 6.92 Å². The van der Waals surface area contributed by atoms with Crippen LogP contribution in [-0.2, 0) is 0 Å². The number of nitrogens with one attached hydrogen (secondary N) is 3. The van der Waals surface area contributed by atoms with Crippen LogP contribution >= 0.6 is 11.3 Å². The van der Waals surface area contributed by atoms with Crippen LogP contribution in [0, 0.1) is 12.3 Å². The van der Waals surface area contributed by atoms with Crippen molar-refractivity contribution in [3.63, 3.8) is 0 Å². The molecule has 0 radical (unpaired) electrons. The van der Waals surface area contributed by atoms with Gasteiger partial charge in [-0.3, -0.25) is 15.0 Å². The number of rotatable bonds is 5. The molecular weight excluding hydrogens is 362 g/mol. The highest BCUT2D eigenvalue weighted by molar-refractivity contribution is 7.12. The summed E-state index contributed by atoms with van der Waals surface area (Å²) in [4.78, 5) is 29.4. The molecule has 0 aliphatic rings. The third-order valence-corrected chi connectivity index (χ3v) is 4.64. The van der Waals surface area contributed by atoms with Crippen molar-refractivity contribution < 1.29 is 9.59 Å². The molecule has 27 heavy (non-hydrogen) atoms. The van der Waals surface area contributed by atoms with E-state index in [1.165, 1.54) is 11.3 Å². The van der Waals surface area contributed by atoms with Crippen molar-refractivity contribution in [3.8, 4) is 0 Å². The molecule has 8 heteroatoms. The third-order valence-electron chi connectivity index (χ3n) is 3.73. The van der Waals surface area contributed by atoms with Crippen molar-refractivity contribution in [2.24, 2.45) is 5.73 Å². The second-order valence-corrected chi connectivity index (χ2v) is 6.70. The fourth-order valence-electron chi connectivity index (χ4n) is 2.29. The summed E-state index contributed by atoms with van der Waals surface area (Å²) in [7, 11) is 0. The molecule has 0 spiro atoms. The standard InChI is InChI=1S/C19H17N5O2S/c1-11-2-7-15(22-10-11)24-19(26)16-14(8-9-27-16)23-18(25)13-5-3-12(4-6-13)17(20)21/h2-10H,1H3,(H3,20,21)(H,23,25)(H,22,24,26). The molecule has 0 aliphatic heterocycles. The number of aryl methyl sites for hydroxylation is 1. The molecule has 0 saturated heterocycles. The van der Waals surface area contributed by atoms with Gasteiger partial charge in [0.1, 0.15) is 16.5 Å². The minimum absolute atomic E-state index is 0.0662. The zero-order chi connectivity index (χ0) is 19.4. The van der Waals surface area contributed by atoms with Gasteiger partial charge in [-0.25, -0.2) is 4.98 Å². The van der Waals surface area contributed by atoms with Crippen LogP contribution in [0.3, 0.4) is 0 Å². The highest BCUT2D eigenvalue weighted by atomic mass is 32.1. The number of hydrogen-bond donors (Lipinski definition) is 4. The molecule has 3 aromatic rings. The number of anilines is 2. The molecule has 1 aromatic carbocycles. The van der Waals surface area contributed by atoms with Crippen molar-refractivity contribution in [1.82, 2.24) is 4.98 Å². The Balaban J connectivity index is 1.72. The first-order valence-corrected chi connectivity index (χ1v) is 8.89. The smallest absolute Gasteiger partial charge is 0.269 e. The lowest BCUT2D eigenvalue weighted by atomic mass is 10.1. The number of benzene rings is 1. The van der Waals surface area contributed by atoms with Crippen molar-refractivity contribution in [2.75, 3.05) is 10.6 Å². The summed E-state index contributed by atoms with van der Waals surface area (Å²) in [6.07, 6.45) is 1.66. The lowest BCUT2D eigenvalue weighted by Crippen LogP contribution is -2.17. The van der Waals surface area contributed by atoms with Crippen LogP contribution < -0.4 is 16.4 Å². The summed E-state index contributed by atoms with van der Waals surface area (Å²) in [6.45, 7) is 1.91. The second kappa shape index (κ2) is 7.79. The molecule has 2 amide bonds. The largest absolute Gasteiger partial charge is 0.384 e. The maximum absolute atomic E-state index is 12.5. The van der Waals surface area contributed by atoms with E-state index in [0.29, 0.717) is 27.5 Å². The van der Waals surface area contributed by atoms with E-state index in [0.717, 1.165) is 5.56 Å². The Labute approximate surface area is 159 Å². The van der Waals surface area contributed by atoms with Crippen LogP contribution in [-0.4, -0.2) is 22.6 Å². The molecule has 0 bridgehead atoms. The number of carbonyl (C=O) groups excluding carboxylic acids is 2. The fraction of sp³-hybridized carbons (Fsp3) is 0.0526. The van der Waals surface area contributed by atoms with E-state index in [1.807, 2.05) is 13.0 Å². The Hall–Kier alpha value is -3.52. The minimum atomic E-state index is -0.356. The molecule has 0 saturated carbocycles. The summed E-state index contributed by atoms with van der Waals surface area (Å²) in [5.74, 6) is -0.325. The van der Waals surface area contributed by atoms with Crippen LogP contribution in [0.2, 0.25) is 0 Å². The summed E-state index contributed by atoms with van der Waals surface area (Å²) < 4.78 is 0. The lowest BCUT2D eigenvalue weighted by Gasteiger charge is -2.08. The van der Waals surface area contributed by atoms with Gasteiger partial charge in [0.05, 0.1) is 5.69 Å². The zero-order valence-electron chi connectivity index (χ0n) is 14.4. The normalized spacial score (nSPS) is 10.3. The first-order chi connectivity index (χ1) is 12.9. The molecule has 3 rings (SSSR count). The number of pyridine rings is 1. The number of hydrogen-bond acceptors (Lipinski definition) is 5. The average Bonchev–Trinajstić information content (AvgIpc) is 3.12. The molecule has 5 N–H and O–H groups in total. The first kappa shape index (κ1) is 18.3. The number of nitrogens with zero attached hydrogens (tertiary/aromatic N) is 1. The van der Waals surface area contributed by atoms with Crippen LogP contribution in [0.5, 0.6) is 0 Å². The second-order valence-electron chi connectivity index (χ2n) is 5.78. The highest BCUT2D eigenvalue weighted by Gasteiger charge is 2.16. The number of carbonyl (C=O) groups is 2. The maximum atomic E-state index is 12.5. The number of nitrogens with two attached hydrogens (primary N) is 1. The van der Waals surface area contributed by atoms with Crippen molar-refractivity contribution in [1.29, 1.82) is 5.41 Å². The molecule has 2 aromatic heterocycles. The first-order valence-electron chi connectivity index (χ1n) is 8.01. The van der Waals surface area contributed by atoms with Crippen LogP contribution in [0.1, 0.15) is 31.2 Å². The van der Waals surface area contributed by atoms with Gasteiger partial charge >= 0.3 is 0 Å². The number of thiophene rings is 1. The quantitative estimate of drug-likeness (QED) is 0.402. The Bertz CT molecular complexity index is 994. The van der Waals surface area contributed by atoms with Gasteiger partial charge in [0.25, 0.3) is 11.8 Å². The summed E-state index contributed by atoms with van der Waals surface area (Å²) in [6, 6.07) is 11.6. The molecule has 7 nitrogen and oxygen atoms in total. The Morgan fingerprint density at radius 1 is 1.00 bits per heavy atom. The van der Waals surface area contributed by atoms with E-state index in [1.54, 1.807) is 48.0 Å². The van der Waals surface area contributed by atoms with Gasteiger partial charge in [0.2, 0.25) is 0 Å². The maximum Gasteiger partial charge on any atom is 0.269 e. The predicted octanol–water partition coefficient (Wildman–Crippen LogP) is 3.24.